The molecule has 0 radical (unpaired) electrons. The number of anilines is 1. The van der Waals surface area contributed by atoms with Gasteiger partial charge >= 0.3 is 6.03 Å². The van der Waals surface area contributed by atoms with E-state index in [9.17, 15) is 4.79 Å². The summed E-state index contributed by atoms with van der Waals surface area (Å²) in [5.41, 5.74) is 2.41. The van der Waals surface area contributed by atoms with E-state index >= 15 is 0 Å². The van der Waals surface area contributed by atoms with Crippen molar-refractivity contribution in [3.05, 3.63) is 49.1 Å². The predicted octanol–water partition coefficient (Wildman–Crippen LogP) is 2.80. The molecule has 0 atom stereocenters. The third-order valence-corrected chi connectivity index (χ3v) is 3.66. The van der Waals surface area contributed by atoms with Gasteiger partial charge in [0.1, 0.15) is 5.52 Å². The molecule has 0 aliphatic heterocycles. The molecular weight excluding hydrogens is 286 g/mol. The Morgan fingerprint density at radius 3 is 3.00 bits per heavy atom. The molecule has 0 aliphatic carbocycles. The van der Waals surface area contributed by atoms with Gasteiger partial charge in [0.05, 0.1) is 17.5 Å². The monoisotopic (exact) mass is 299 g/mol. The maximum atomic E-state index is 11.9. The second kappa shape index (κ2) is 5.84. The number of hydrogen-bond donors (Lipinski definition) is 2. The second-order valence-electron chi connectivity index (χ2n) is 4.38. The van der Waals surface area contributed by atoms with Crippen molar-refractivity contribution in [1.29, 1.82) is 0 Å². The summed E-state index contributed by atoms with van der Waals surface area (Å²) in [6.07, 6.45) is 5.09. The summed E-state index contributed by atoms with van der Waals surface area (Å²) in [6.45, 7) is 0. The molecule has 0 saturated carbocycles. The fourth-order valence-corrected chi connectivity index (χ4v) is 2.44. The summed E-state index contributed by atoms with van der Waals surface area (Å²) in [5, 5.41) is 2.80. The summed E-state index contributed by atoms with van der Waals surface area (Å²) < 4.78 is 4.62. The fourth-order valence-electron chi connectivity index (χ4n) is 1.92. The van der Waals surface area contributed by atoms with Crippen LogP contribution in [0.3, 0.4) is 0 Å². The lowest BCUT2D eigenvalue weighted by molar-refractivity contribution is 0.257. The number of nitrogens with one attached hydrogen (secondary N) is 2. The van der Waals surface area contributed by atoms with Gasteiger partial charge in [0.25, 0.3) is 0 Å². The van der Waals surface area contributed by atoms with E-state index in [1.165, 1.54) is 11.9 Å². The Kier molecular flexibility index (Phi) is 3.74. The van der Waals surface area contributed by atoms with Crippen LogP contribution in [-0.2, 0) is 7.05 Å². The number of aryl methyl sites for hydroxylation is 1. The highest BCUT2D eigenvalue weighted by Crippen LogP contribution is 2.21. The van der Waals surface area contributed by atoms with Crippen LogP contribution in [0.5, 0.6) is 0 Å². The number of aromatic nitrogens is 3. The van der Waals surface area contributed by atoms with Crippen LogP contribution in [0.25, 0.3) is 11.0 Å². The van der Waals surface area contributed by atoms with Gasteiger partial charge < -0.3 is 9.88 Å². The van der Waals surface area contributed by atoms with Crippen molar-refractivity contribution in [3.8, 4) is 0 Å². The molecule has 2 aromatic heterocycles. The molecule has 0 saturated heterocycles. The van der Waals surface area contributed by atoms with Crippen LogP contribution in [0.15, 0.2) is 53.9 Å². The van der Waals surface area contributed by atoms with Crippen LogP contribution < -0.4 is 10.0 Å². The van der Waals surface area contributed by atoms with Gasteiger partial charge in [0.2, 0.25) is 0 Å². The first-order valence-electron chi connectivity index (χ1n) is 6.28. The maximum absolute atomic E-state index is 11.9. The van der Waals surface area contributed by atoms with Crippen LogP contribution in [-0.4, -0.2) is 20.6 Å². The van der Waals surface area contributed by atoms with Crippen molar-refractivity contribution in [2.45, 2.75) is 4.90 Å². The molecule has 7 heteroatoms. The normalized spacial score (nSPS) is 10.5. The first-order valence-corrected chi connectivity index (χ1v) is 7.09. The molecule has 21 heavy (non-hydrogen) atoms. The molecule has 0 bridgehead atoms. The molecule has 0 fully saturated rings. The van der Waals surface area contributed by atoms with Gasteiger partial charge in [-0.3, -0.25) is 9.71 Å². The second-order valence-corrected chi connectivity index (χ2v) is 5.26. The summed E-state index contributed by atoms with van der Waals surface area (Å²) in [5.74, 6) is 0. The van der Waals surface area contributed by atoms with Crippen LogP contribution >= 0.6 is 11.9 Å². The van der Waals surface area contributed by atoms with Crippen molar-refractivity contribution in [3.63, 3.8) is 0 Å². The van der Waals surface area contributed by atoms with E-state index in [2.05, 4.69) is 20.0 Å². The zero-order chi connectivity index (χ0) is 14.7. The Morgan fingerprint density at radius 2 is 2.19 bits per heavy atom. The van der Waals surface area contributed by atoms with E-state index in [4.69, 9.17) is 0 Å². The predicted molar refractivity (Wildman–Crippen MR) is 83.0 cm³/mol. The van der Waals surface area contributed by atoms with Crippen molar-refractivity contribution >= 4 is 34.7 Å². The third kappa shape index (κ3) is 2.97. The van der Waals surface area contributed by atoms with Crippen molar-refractivity contribution in [2.24, 2.45) is 7.05 Å². The van der Waals surface area contributed by atoms with Crippen LogP contribution in [0.4, 0.5) is 10.5 Å². The zero-order valence-corrected chi connectivity index (χ0v) is 12.1. The molecule has 2 N–H and O–H groups in total. The first kappa shape index (κ1) is 13.4. The van der Waals surface area contributed by atoms with Crippen molar-refractivity contribution in [1.82, 2.24) is 19.3 Å². The van der Waals surface area contributed by atoms with Crippen LogP contribution in [0, 0.1) is 0 Å². The highest BCUT2D eigenvalue weighted by Gasteiger charge is 2.08. The molecule has 3 aromatic rings. The number of rotatable bonds is 3. The average Bonchev–Trinajstić information content (AvgIpc) is 2.89. The van der Waals surface area contributed by atoms with Gasteiger partial charge in [-0.1, -0.05) is 6.07 Å². The maximum Gasteiger partial charge on any atom is 0.329 e. The standard InChI is InChI=1S/C14H13N5OS/c1-19-9-16-13-11(5-2-6-12(13)19)17-14(20)18-21-10-4-3-7-15-8-10/h2-9H,1H3,(H2,17,18,20). The molecule has 0 aliphatic rings. The molecule has 6 nitrogen and oxygen atoms in total. The number of carbonyl (C=O) groups is 1. The van der Waals surface area contributed by atoms with E-state index in [0.29, 0.717) is 5.69 Å². The lowest BCUT2D eigenvalue weighted by Crippen LogP contribution is -2.22. The molecule has 1 aromatic carbocycles. The lowest BCUT2D eigenvalue weighted by Gasteiger charge is -2.07. The smallest absolute Gasteiger partial charge is 0.329 e. The SMILES string of the molecule is Cn1cnc2c(NC(=O)NSc3cccnc3)cccc21. The molecule has 0 spiro atoms. The number of benzene rings is 1. The summed E-state index contributed by atoms with van der Waals surface area (Å²) in [4.78, 5) is 21.1. The summed E-state index contributed by atoms with van der Waals surface area (Å²) in [6, 6.07) is 9.04. The highest BCUT2D eigenvalue weighted by molar-refractivity contribution is 7.98. The minimum absolute atomic E-state index is 0.304. The molecule has 2 amide bonds. The van der Waals surface area contributed by atoms with Gasteiger partial charge in [0.15, 0.2) is 0 Å². The highest BCUT2D eigenvalue weighted by atomic mass is 32.2. The van der Waals surface area contributed by atoms with Crippen molar-refractivity contribution in [2.75, 3.05) is 5.32 Å². The van der Waals surface area contributed by atoms with E-state index in [0.717, 1.165) is 15.9 Å². The Balaban J connectivity index is 1.69. The number of pyridine rings is 1. The Morgan fingerprint density at radius 1 is 1.29 bits per heavy atom. The molecule has 0 unspecified atom stereocenters. The Labute approximate surface area is 125 Å². The minimum atomic E-state index is -0.304. The van der Waals surface area contributed by atoms with Gasteiger partial charge in [-0.05, 0) is 36.2 Å². The number of nitrogens with zero attached hydrogens (tertiary/aromatic N) is 3. The minimum Gasteiger partial charge on any atom is -0.334 e. The number of amides is 2. The molecular formula is C14H13N5OS. The van der Waals surface area contributed by atoms with E-state index < -0.39 is 0 Å². The number of imidazole rings is 1. The number of fused-ring (bicyclic) bond motifs is 1. The fraction of sp³-hybridized carbons (Fsp3) is 0.0714. The number of urea groups is 1. The quantitative estimate of drug-likeness (QED) is 0.729. The lowest BCUT2D eigenvalue weighted by atomic mass is 10.2. The van der Waals surface area contributed by atoms with Crippen LogP contribution in [0.2, 0.25) is 0 Å². The largest absolute Gasteiger partial charge is 0.334 e. The molecule has 3 rings (SSSR count). The summed E-state index contributed by atoms with van der Waals surface area (Å²) >= 11 is 1.21. The van der Waals surface area contributed by atoms with Crippen LogP contribution in [0.1, 0.15) is 0 Å². The molecule has 106 valence electrons. The van der Waals surface area contributed by atoms with E-state index in [1.807, 2.05) is 41.9 Å². The van der Waals surface area contributed by atoms with Gasteiger partial charge in [-0.25, -0.2) is 9.78 Å². The van der Waals surface area contributed by atoms with Gasteiger partial charge in [-0.15, -0.1) is 0 Å². The Bertz CT molecular complexity index is 771. The number of para-hydroxylation sites is 1. The first-order chi connectivity index (χ1) is 10.2. The number of hydrogen-bond acceptors (Lipinski definition) is 4. The van der Waals surface area contributed by atoms with Crippen molar-refractivity contribution < 1.29 is 4.79 Å². The van der Waals surface area contributed by atoms with E-state index in [-0.39, 0.29) is 6.03 Å². The third-order valence-electron chi connectivity index (χ3n) is 2.90. The van der Waals surface area contributed by atoms with Gasteiger partial charge in [-0.2, -0.15) is 0 Å². The topological polar surface area (TPSA) is 71.8 Å². The average molecular weight is 299 g/mol. The number of carbonyl (C=O) groups excluding carboxylic acids is 1. The molecule has 2 heterocycles. The van der Waals surface area contributed by atoms with Gasteiger partial charge in [0, 0.05) is 24.3 Å². The Hall–Kier alpha value is -2.54. The zero-order valence-electron chi connectivity index (χ0n) is 11.3. The summed E-state index contributed by atoms with van der Waals surface area (Å²) in [7, 11) is 1.91. The van der Waals surface area contributed by atoms with E-state index in [1.54, 1.807) is 18.7 Å².